The second-order valence-electron chi connectivity index (χ2n) is 4.60. The molecule has 4 heteroatoms. The molecule has 0 saturated carbocycles. The molecule has 1 amide bonds. The lowest BCUT2D eigenvalue weighted by molar-refractivity contribution is 0.0733. The Labute approximate surface area is 115 Å². The number of rotatable bonds is 3. The fourth-order valence-corrected chi connectivity index (χ4v) is 2.48. The summed E-state index contributed by atoms with van der Waals surface area (Å²) in [7, 11) is 0. The molecule has 100 valence electrons. The van der Waals surface area contributed by atoms with Gasteiger partial charge in [0.1, 0.15) is 0 Å². The molecule has 1 heterocycles. The quantitative estimate of drug-likeness (QED) is 0.916. The van der Waals surface area contributed by atoms with E-state index in [-0.39, 0.29) is 18.3 Å². The summed E-state index contributed by atoms with van der Waals surface area (Å²) in [6.45, 7) is 3.57. The van der Waals surface area contributed by atoms with Crippen LogP contribution in [0.15, 0.2) is 24.3 Å². The summed E-state index contributed by atoms with van der Waals surface area (Å²) >= 11 is 0. The van der Waals surface area contributed by atoms with E-state index in [1.54, 1.807) is 0 Å². The van der Waals surface area contributed by atoms with Gasteiger partial charge in [-0.3, -0.25) is 4.79 Å². The number of halogens is 1. The zero-order valence-corrected chi connectivity index (χ0v) is 11.6. The molecule has 2 N–H and O–H groups in total. The third-order valence-corrected chi connectivity index (χ3v) is 3.55. The van der Waals surface area contributed by atoms with Crippen LogP contribution in [0, 0.1) is 0 Å². The van der Waals surface area contributed by atoms with Gasteiger partial charge in [-0.25, -0.2) is 0 Å². The van der Waals surface area contributed by atoms with Crippen LogP contribution in [0.4, 0.5) is 0 Å². The van der Waals surface area contributed by atoms with Gasteiger partial charge in [0.05, 0.1) is 0 Å². The highest BCUT2D eigenvalue weighted by molar-refractivity contribution is 5.94. The number of nitrogens with zero attached hydrogens (tertiary/aromatic N) is 1. The first-order chi connectivity index (χ1) is 8.26. The first kappa shape index (κ1) is 15.0. The first-order valence-electron chi connectivity index (χ1n) is 6.36. The van der Waals surface area contributed by atoms with E-state index in [0.29, 0.717) is 12.6 Å². The normalized spacial score (nSPS) is 18.6. The van der Waals surface area contributed by atoms with Crippen molar-refractivity contribution in [2.24, 2.45) is 5.73 Å². The molecule has 18 heavy (non-hydrogen) atoms. The summed E-state index contributed by atoms with van der Waals surface area (Å²) in [6, 6.07) is 8.07. The summed E-state index contributed by atoms with van der Waals surface area (Å²) in [5.74, 6) is 0.165. The molecule has 0 spiro atoms. The number of benzene rings is 1. The van der Waals surface area contributed by atoms with E-state index in [1.165, 1.54) is 0 Å². The molecule has 0 radical (unpaired) electrons. The van der Waals surface area contributed by atoms with E-state index < -0.39 is 0 Å². The smallest absolute Gasteiger partial charge is 0.254 e. The highest BCUT2D eigenvalue weighted by Gasteiger charge is 2.27. The van der Waals surface area contributed by atoms with Crippen molar-refractivity contribution in [1.29, 1.82) is 0 Å². The number of carbonyl (C=O) groups excluding carboxylic acids is 1. The van der Waals surface area contributed by atoms with Crippen LogP contribution >= 0.6 is 12.4 Å². The van der Waals surface area contributed by atoms with Gasteiger partial charge < -0.3 is 10.6 Å². The second kappa shape index (κ2) is 6.76. The first-order valence-corrected chi connectivity index (χ1v) is 6.36. The fourth-order valence-electron chi connectivity index (χ4n) is 2.48. The van der Waals surface area contributed by atoms with Crippen molar-refractivity contribution in [2.75, 3.05) is 6.54 Å². The van der Waals surface area contributed by atoms with Crippen molar-refractivity contribution >= 4 is 18.3 Å². The van der Waals surface area contributed by atoms with Crippen molar-refractivity contribution < 1.29 is 4.79 Å². The largest absolute Gasteiger partial charge is 0.336 e. The lowest BCUT2D eigenvalue weighted by Gasteiger charge is -2.23. The number of likely N-dealkylation sites (tertiary alicyclic amines) is 1. The molecule has 1 aliphatic heterocycles. The predicted octanol–water partition coefficient (Wildman–Crippen LogP) is 2.58. The van der Waals surface area contributed by atoms with E-state index in [4.69, 9.17) is 5.73 Å². The van der Waals surface area contributed by atoms with Crippen molar-refractivity contribution in [3.63, 3.8) is 0 Å². The van der Waals surface area contributed by atoms with Crippen LogP contribution in [-0.4, -0.2) is 23.4 Å². The van der Waals surface area contributed by atoms with Crippen LogP contribution in [0.3, 0.4) is 0 Å². The van der Waals surface area contributed by atoms with E-state index in [0.717, 1.165) is 36.9 Å². The minimum Gasteiger partial charge on any atom is -0.336 e. The summed E-state index contributed by atoms with van der Waals surface area (Å²) < 4.78 is 0. The summed E-state index contributed by atoms with van der Waals surface area (Å²) in [4.78, 5) is 14.3. The maximum atomic E-state index is 12.3. The number of amides is 1. The van der Waals surface area contributed by atoms with E-state index >= 15 is 0 Å². The monoisotopic (exact) mass is 268 g/mol. The van der Waals surface area contributed by atoms with Crippen LogP contribution < -0.4 is 5.73 Å². The third kappa shape index (κ3) is 3.03. The van der Waals surface area contributed by atoms with Crippen molar-refractivity contribution in [3.8, 4) is 0 Å². The molecule has 2 rings (SSSR count). The lowest BCUT2D eigenvalue weighted by atomic mass is 10.1. The standard InChI is InChI=1S/C14H20N2O.ClH/c1-2-13-4-3-9-16(13)14(17)12-7-5-11(10-15)6-8-12;/h5-8,13H,2-4,9-10,15H2,1H3;1H. The number of carbonyl (C=O) groups is 1. The molecule has 1 unspecified atom stereocenters. The summed E-state index contributed by atoms with van der Waals surface area (Å²) in [5.41, 5.74) is 7.39. The third-order valence-electron chi connectivity index (χ3n) is 3.55. The van der Waals surface area contributed by atoms with Gasteiger partial charge in [0, 0.05) is 24.7 Å². The highest BCUT2D eigenvalue weighted by atomic mass is 35.5. The second-order valence-corrected chi connectivity index (χ2v) is 4.60. The maximum Gasteiger partial charge on any atom is 0.254 e. The Morgan fingerprint density at radius 2 is 2.06 bits per heavy atom. The minimum absolute atomic E-state index is 0. The van der Waals surface area contributed by atoms with Crippen LogP contribution in [0.2, 0.25) is 0 Å². The zero-order valence-electron chi connectivity index (χ0n) is 10.8. The van der Waals surface area contributed by atoms with Gasteiger partial charge in [-0.15, -0.1) is 12.4 Å². The van der Waals surface area contributed by atoms with Crippen molar-refractivity contribution in [1.82, 2.24) is 4.90 Å². The Morgan fingerprint density at radius 3 is 2.61 bits per heavy atom. The van der Waals surface area contributed by atoms with Crippen LogP contribution in [0.25, 0.3) is 0 Å². The molecule has 0 bridgehead atoms. The SMILES string of the molecule is CCC1CCCN1C(=O)c1ccc(CN)cc1.Cl. The van der Waals surface area contributed by atoms with E-state index in [9.17, 15) is 4.79 Å². The van der Waals surface area contributed by atoms with E-state index in [1.807, 2.05) is 29.2 Å². The molecule has 1 aromatic carbocycles. The van der Waals surface area contributed by atoms with Gasteiger partial charge in [0.15, 0.2) is 0 Å². The zero-order chi connectivity index (χ0) is 12.3. The molecular weight excluding hydrogens is 248 g/mol. The molecular formula is C14H21ClN2O. The molecule has 0 aromatic heterocycles. The van der Waals surface area contributed by atoms with Gasteiger partial charge >= 0.3 is 0 Å². The van der Waals surface area contributed by atoms with Crippen LogP contribution in [0.1, 0.15) is 42.1 Å². The van der Waals surface area contributed by atoms with Gasteiger partial charge in [0.2, 0.25) is 0 Å². The topological polar surface area (TPSA) is 46.3 Å². The Bertz CT molecular complexity index is 391. The average molecular weight is 269 g/mol. The summed E-state index contributed by atoms with van der Waals surface area (Å²) in [5, 5.41) is 0. The van der Waals surface area contributed by atoms with Gasteiger partial charge in [-0.05, 0) is 37.0 Å². The van der Waals surface area contributed by atoms with Crippen molar-refractivity contribution in [2.45, 2.75) is 38.8 Å². The molecule has 3 nitrogen and oxygen atoms in total. The van der Waals surface area contributed by atoms with Gasteiger partial charge in [0.25, 0.3) is 5.91 Å². The Kier molecular flexibility index (Phi) is 5.63. The lowest BCUT2D eigenvalue weighted by Crippen LogP contribution is -2.35. The molecule has 1 fully saturated rings. The van der Waals surface area contributed by atoms with Crippen LogP contribution in [0.5, 0.6) is 0 Å². The molecule has 1 atom stereocenters. The van der Waals surface area contributed by atoms with Crippen molar-refractivity contribution in [3.05, 3.63) is 35.4 Å². The Balaban J connectivity index is 0.00000162. The molecule has 0 aliphatic carbocycles. The number of hydrogen-bond acceptors (Lipinski definition) is 2. The fraction of sp³-hybridized carbons (Fsp3) is 0.500. The molecule has 1 saturated heterocycles. The van der Waals surface area contributed by atoms with Gasteiger partial charge in [-0.2, -0.15) is 0 Å². The minimum atomic E-state index is 0. The molecule has 1 aromatic rings. The Morgan fingerprint density at radius 1 is 1.39 bits per heavy atom. The number of hydrogen-bond donors (Lipinski definition) is 1. The van der Waals surface area contributed by atoms with Gasteiger partial charge in [-0.1, -0.05) is 19.1 Å². The Hall–Kier alpha value is -1.06. The van der Waals surface area contributed by atoms with E-state index in [2.05, 4.69) is 6.92 Å². The number of nitrogens with two attached hydrogens (primary N) is 1. The maximum absolute atomic E-state index is 12.3. The average Bonchev–Trinajstić information content (AvgIpc) is 2.86. The predicted molar refractivity (Wildman–Crippen MR) is 75.9 cm³/mol. The van der Waals surface area contributed by atoms with Crippen LogP contribution in [-0.2, 0) is 6.54 Å². The highest BCUT2D eigenvalue weighted by Crippen LogP contribution is 2.22. The molecule has 1 aliphatic rings. The summed E-state index contributed by atoms with van der Waals surface area (Å²) in [6.07, 6.45) is 3.32.